The molecule has 3 rings (SSSR count). The molecule has 118 valence electrons. The molecule has 5 nitrogen and oxygen atoms in total. The smallest absolute Gasteiger partial charge is 0.234 e. The van der Waals surface area contributed by atoms with E-state index in [-0.39, 0.29) is 5.82 Å². The first-order valence-electron chi connectivity index (χ1n) is 7.92. The molecule has 0 saturated heterocycles. The van der Waals surface area contributed by atoms with Crippen molar-refractivity contribution in [3.8, 4) is 17.2 Å². The Morgan fingerprint density at radius 3 is 2.52 bits per heavy atom. The summed E-state index contributed by atoms with van der Waals surface area (Å²) in [7, 11) is 0. The summed E-state index contributed by atoms with van der Waals surface area (Å²) in [6.45, 7) is 0. The lowest BCUT2D eigenvalue weighted by Gasteiger charge is -2.19. The first kappa shape index (κ1) is 15.3. The van der Waals surface area contributed by atoms with Crippen molar-refractivity contribution in [2.24, 2.45) is 0 Å². The topological polar surface area (TPSA) is 74.5 Å². The highest BCUT2D eigenvalue weighted by molar-refractivity contribution is 5.74. The predicted molar refractivity (Wildman–Crippen MR) is 85.0 cm³/mol. The number of nitrogens with zero attached hydrogens (tertiary/aromatic N) is 4. The zero-order chi connectivity index (χ0) is 16.1. The number of rotatable bonds is 3. The minimum atomic E-state index is -0.526. The number of nitrogens with one attached hydrogen (secondary N) is 1. The van der Waals surface area contributed by atoms with Gasteiger partial charge in [0.1, 0.15) is 11.9 Å². The second kappa shape index (κ2) is 7.14. The molecule has 1 N–H and O–H groups in total. The lowest BCUT2D eigenvalue weighted by atomic mass is 10.1. The Morgan fingerprint density at radius 1 is 1.09 bits per heavy atom. The molecule has 0 radical (unpaired) electrons. The summed E-state index contributed by atoms with van der Waals surface area (Å²) in [5.41, 5.74) is 1.47. The highest BCUT2D eigenvalue weighted by Gasteiger charge is 2.16. The second-order valence-corrected chi connectivity index (χ2v) is 5.77. The van der Waals surface area contributed by atoms with E-state index < -0.39 is 5.95 Å². The SMILES string of the molecule is N#Cc1ncc(-c2ccc(F)nc2)c(NC2CCCCCC2)n1. The van der Waals surface area contributed by atoms with Crippen LogP contribution in [0, 0.1) is 17.3 Å². The van der Waals surface area contributed by atoms with Gasteiger partial charge in [0.15, 0.2) is 0 Å². The third-order valence-corrected chi connectivity index (χ3v) is 4.12. The lowest BCUT2D eigenvalue weighted by Crippen LogP contribution is -2.20. The minimum absolute atomic E-state index is 0.125. The number of nitriles is 1. The van der Waals surface area contributed by atoms with Crippen molar-refractivity contribution in [3.63, 3.8) is 0 Å². The molecule has 6 heteroatoms. The molecule has 2 aromatic rings. The molecule has 1 aliphatic rings. The lowest BCUT2D eigenvalue weighted by molar-refractivity contribution is 0.584. The highest BCUT2D eigenvalue weighted by atomic mass is 19.1. The molecule has 23 heavy (non-hydrogen) atoms. The maximum atomic E-state index is 13.0. The van der Waals surface area contributed by atoms with Crippen LogP contribution in [-0.2, 0) is 0 Å². The van der Waals surface area contributed by atoms with Gasteiger partial charge in [-0.1, -0.05) is 25.7 Å². The van der Waals surface area contributed by atoms with Gasteiger partial charge in [0.05, 0.1) is 0 Å². The molecule has 0 amide bonds. The Kier molecular flexibility index (Phi) is 4.77. The van der Waals surface area contributed by atoms with Gasteiger partial charge in [-0.3, -0.25) is 0 Å². The van der Waals surface area contributed by atoms with Crippen molar-refractivity contribution in [3.05, 3.63) is 36.3 Å². The zero-order valence-corrected chi connectivity index (χ0v) is 12.8. The molecular weight excluding hydrogens is 293 g/mol. The molecule has 2 heterocycles. The van der Waals surface area contributed by atoms with E-state index in [9.17, 15) is 4.39 Å². The summed E-state index contributed by atoms with van der Waals surface area (Å²) in [4.78, 5) is 12.0. The predicted octanol–water partition coefficient (Wildman–Crippen LogP) is 3.68. The minimum Gasteiger partial charge on any atom is -0.367 e. The van der Waals surface area contributed by atoms with E-state index in [2.05, 4.69) is 20.3 Å². The van der Waals surface area contributed by atoms with E-state index in [1.54, 1.807) is 12.3 Å². The molecule has 0 aromatic carbocycles. The fourth-order valence-electron chi connectivity index (χ4n) is 2.91. The van der Waals surface area contributed by atoms with Crippen LogP contribution in [0.15, 0.2) is 24.5 Å². The average Bonchev–Trinajstić information content (AvgIpc) is 2.84. The second-order valence-electron chi connectivity index (χ2n) is 5.77. The number of anilines is 1. The summed E-state index contributed by atoms with van der Waals surface area (Å²) in [6.07, 6.45) is 10.2. The van der Waals surface area contributed by atoms with Gasteiger partial charge in [-0.05, 0) is 25.0 Å². The Labute approximate surface area is 134 Å². The average molecular weight is 311 g/mol. The van der Waals surface area contributed by atoms with Crippen LogP contribution < -0.4 is 5.32 Å². The third kappa shape index (κ3) is 3.81. The molecule has 0 bridgehead atoms. The number of hydrogen-bond donors (Lipinski definition) is 1. The summed E-state index contributed by atoms with van der Waals surface area (Å²) >= 11 is 0. The maximum Gasteiger partial charge on any atom is 0.234 e. The van der Waals surface area contributed by atoms with Gasteiger partial charge in [-0.25, -0.2) is 15.0 Å². The van der Waals surface area contributed by atoms with E-state index in [0.29, 0.717) is 11.9 Å². The van der Waals surface area contributed by atoms with Crippen LogP contribution in [0.2, 0.25) is 0 Å². The fourth-order valence-corrected chi connectivity index (χ4v) is 2.91. The maximum absolute atomic E-state index is 13.0. The van der Waals surface area contributed by atoms with E-state index in [1.807, 2.05) is 6.07 Å². The molecule has 0 unspecified atom stereocenters. The number of hydrogen-bond acceptors (Lipinski definition) is 5. The molecule has 1 aliphatic carbocycles. The van der Waals surface area contributed by atoms with E-state index in [0.717, 1.165) is 24.0 Å². The normalized spacial score (nSPS) is 15.7. The first-order chi connectivity index (χ1) is 11.3. The standard InChI is InChI=1S/C17H18FN5/c18-15-8-7-12(10-20-15)14-11-21-16(9-19)23-17(14)22-13-5-3-1-2-4-6-13/h7-8,10-11,13H,1-6H2,(H,21,22,23). The van der Waals surface area contributed by atoms with Gasteiger partial charge in [0, 0.05) is 29.6 Å². The quantitative estimate of drug-likeness (QED) is 0.691. The monoisotopic (exact) mass is 311 g/mol. The molecule has 2 aromatic heterocycles. The summed E-state index contributed by atoms with van der Waals surface area (Å²) in [6, 6.07) is 5.26. The van der Waals surface area contributed by atoms with Crippen molar-refractivity contribution in [2.75, 3.05) is 5.32 Å². The first-order valence-corrected chi connectivity index (χ1v) is 7.92. The van der Waals surface area contributed by atoms with Crippen molar-refractivity contribution >= 4 is 5.82 Å². The Hall–Kier alpha value is -2.55. The van der Waals surface area contributed by atoms with Gasteiger partial charge in [-0.2, -0.15) is 9.65 Å². The summed E-state index contributed by atoms with van der Waals surface area (Å²) in [5.74, 6) is 0.221. The number of pyridine rings is 1. The van der Waals surface area contributed by atoms with Gasteiger partial charge in [0.25, 0.3) is 0 Å². The van der Waals surface area contributed by atoms with Crippen LogP contribution in [0.3, 0.4) is 0 Å². The van der Waals surface area contributed by atoms with Crippen molar-refractivity contribution in [1.82, 2.24) is 15.0 Å². The highest BCUT2D eigenvalue weighted by Crippen LogP contribution is 2.28. The molecular formula is C17H18FN5. The van der Waals surface area contributed by atoms with Gasteiger partial charge >= 0.3 is 0 Å². The van der Waals surface area contributed by atoms with Crippen LogP contribution in [0.1, 0.15) is 44.3 Å². The van der Waals surface area contributed by atoms with E-state index >= 15 is 0 Å². The number of aromatic nitrogens is 3. The Balaban J connectivity index is 1.92. The zero-order valence-electron chi connectivity index (χ0n) is 12.8. The fraction of sp³-hybridized carbons (Fsp3) is 0.412. The van der Waals surface area contributed by atoms with Crippen LogP contribution >= 0.6 is 0 Å². The molecule has 0 aliphatic heterocycles. The van der Waals surface area contributed by atoms with Gasteiger partial charge < -0.3 is 5.32 Å². The van der Waals surface area contributed by atoms with Crippen LogP contribution in [0.25, 0.3) is 11.1 Å². The number of halogens is 1. The molecule has 0 atom stereocenters. The Bertz CT molecular complexity index is 700. The largest absolute Gasteiger partial charge is 0.367 e. The van der Waals surface area contributed by atoms with Gasteiger partial charge in [-0.15, -0.1) is 0 Å². The van der Waals surface area contributed by atoms with E-state index in [1.165, 1.54) is 37.9 Å². The summed E-state index contributed by atoms with van der Waals surface area (Å²) < 4.78 is 13.0. The van der Waals surface area contributed by atoms with Crippen LogP contribution in [0.5, 0.6) is 0 Å². The van der Waals surface area contributed by atoms with Crippen LogP contribution in [-0.4, -0.2) is 21.0 Å². The van der Waals surface area contributed by atoms with Crippen molar-refractivity contribution in [1.29, 1.82) is 5.26 Å². The van der Waals surface area contributed by atoms with Crippen molar-refractivity contribution < 1.29 is 4.39 Å². The molecule has 0 spiro atoms. The molecule has 1 fully saturated rings. The van der Waals surface area contributed by atoms with Crippen LogP contribution in [0.4, 0.5) is 10.2 Å². The van der Waals surface area contributed by atoms with E-state index in [4.69, 9.17) is 5.26 Å². The summed E-state index contributed by atoms with van der Waals surface area (Å²) in [5, 5.41) is 12.5. The van der Waals surface area contributed by atoms with Crippen molar-refractivity contribution in [2.45, 2.75) is 44.6 Å². The Morgan fingerprint density at radius 2 is 1.87 bits per heavy atom. The molecule has 1 saturated carbocycles. The van der Waals surface area contributed by atoms with Gasteiger partial charge in [0.2, 0.25) is 11.8 Å². The third-order valence-electron chi connectivity index (χ3n) is 4.12.